The topological polar surface area (TPSA) is 123 Å². The SMILES string of the molecule is NC(=O)[C@H](CO)NC(=O)Cc1cn2cc(-c3ccoc3)cc(C(F)(F)F)c2n1. The van der Waals surface area contributed by atoms with Gasteiger partial charge >= 0.3 is 6.18 Å². The van der Waals surface area contributed by atoms with Crippen LogP contribution < -0.4 is 11.1 Å². The van der Waals surface area contributed by atoms with E-state index >= 15 is 0 Å². The summed E-state index contributed by atoms with van der Waals surface area (Å²) in [6.07, 6.45) is 0.303. The van der Waals surface area contributed by atoms with Crippen molar-refractivity contribution >= 4 is 17.5 Å². The van der Waals surface area contributed by atoms with Gasteiger partial charge in [0.1, 0.15) is 11.7 Å². The van der Waals surface area contributed by atoms with Gasteiger partial charge in [-0.3, -0.25) is 9.59 Å². The Hall–Kier alpha value is -3.34. The molecule has 0 saturated heterocycles. The molecule has 1 atom stereocenters. The van der Waals surface area contributed by atoms with E-state index in [0.717, 1.165) is 6.07 Å². The zero-order chi connectivity index (χ0) is 20.5. The van der Waals surface area contributed by atoms with Crippen molar-refractivity contribution in [3.05, 3.63) is 48.3 Å². The third-order valence-electron chi connectivity index (χ3n) is 3.96. The molecule has 0 aliphatic rings. The van der Waals surface area contributed by atoms with Crippen molar-refractivity contribution in [1.82, 2.24) is 14.7 Å². The number of pyridine rings is 1. The molecule has 3 aromatic heterocycles. The molecule has 2 amide bonds. The van der Waals surface area contributed by atoms with Crippen LogP contribution in [0.3, 0.4) is 0 Å². The van der Waals surface area contributed by atoms with Crippen LogP contribution in [0.5, 0.6) is 0 Å². The van der Waals surface area contributed by atoms with Crippen molar-refractivity contribution in [3.63, 3.8) is 0 Å². The smallest absolute Gasteiger partial charge is 0.420 e. The molecule has 0 saturated carbocycles. The summed E-state index contributed by atoms with van der Waals surface area (Å²) >= 11 is 0. The van der Waals surface area contributed by atoms with Gasteiger partial charge in [0, 0.05) is 23.5 Å². The number of aliphatic hydroxyl groups is 1. The lowest BCUT2D eigenvalue weighted by Crippen LogP contribution is -2.47. The summed E-state index contributed by atoms with van der Waals surface area (Å²) in [5.74, 6) is -1.65. The van der Waals surface area contributed by atoms with Crippen LogP contribution >= 0.6 is 0 Å². The Morgan fingerprint density at radius 1 is 1.32 bits per heavy atom. The number of hydrogen-bond acceptors (Lipinski definition) is 5. The molecule has 3 heterocycles. The number of furan rings is 1. The summed E-state index contributed by atoms with van der Waals surface area (Å²) in [6.45, 7) is -0.696. The third kappa shape index (κ3) is 3.98. The van der Waals surface area contributed by atoms with Gasteiger partial charge in [0.15, 0.2) is 0 Å². The zero-order valence-electron chi connectivity index (χ0n) is 14.2. The normalized spacial score (nSPS) is 12.9. The van der Waals surface area contributed by atoms with E-state index in [1.807, 2.05) is 0 Å². The summed E-state index contributed by atoms with van der Waals surface area (Å²) in [5, 5.41) is 11.2. The first kappa shape index (κ1) is 19.4. The minimum atomic E-state index is -4.67. The summed E-state index contributed by atoms with van der Waals surface area (Å²) in [6, 6.07) is 1.18. The Morgan fingerprint density at radius 2 is 2.07 bits per heavy atom. The molecule has 0 aromatic carbocycles. The molecule has 8 nitrogen and oxygen atoms in total. The zero-order valence-corrected chi connectivity index (χ0v) is 14.2. The molecule has 148 valence electrons. The van der Waals surface area contributed by atoms with Gasteiger partial charge < -0.3 is 25.0 Å². The molecule has 0 aliphatic carbocycles. The van der Waals surface area contributed by atoms with Crippen molar-refractivity contribution in [2.24, 2.45) is 5.73 Å². The van der Waals surface area contributed by atoms with Crippen LogP contribution in [-0.2, 0) is 22.2 Å². The number of carbonyl (C=O) groups excluding carboxylic acids is 2. The van der Waals surface area contributed by atoms with Crippen LogP contribution in [0.2, 0.25) is 0 Å². The number of rotatable bonds is 6. The van der Waals surface area contributed by atoms with Gasteiger partial charge in [0.2, 0.25) is 11.8 Å². The highest BCUT2D eigenvalue weighted by Gasteiger charge is 2.35. The number of alkyl halides is 3. The largest absolute Gasteiger partial charge is 0.472 e. The predicted molar refractivity (Wildman–Crippen MR) is 89.8 cm³/mol. The van der Waals surface area contributed by atoms with Crippen LogP contribution in [0.25, 0.3) is 16.8 Å². The lowest BCUT2D eigenvalue weighted by molar-refractivity contribution is -0.136. The molecule has 11 heteroatoms. The van der Waals surface area contributed by atoms with Crippen LogP contribution in [-0.4, -0.2) is 39.0 Å². The fraction of sp³-hybridized carbons (Fsp3) is 0.235. The Labute approximate surface area is 155 Å². The number of imidazole rings is 1. The van der Waals surface area contributed by atoms with Crippen LogP contribution in [0.1, 0.15) is 11.3 Å². The molecular formula is C17H15F3N4O4. The second-order valence-corrected chi connectivity index (χ2v) is 6.00. The molecule has 4 N–H and O–H groups in total. The van der Waals surface area contributed by atoms with Crippen LogP contribution in [0.4, 0.5) is 13.2 Å². The Bertz CT molecular complexity index is 1010. The number of nitrogens with one attached hydrogen (secondary N) is 1. The number of nitrogens with two attached hydrogens (primary N) is 1. The molecule has 0 radical (unpaired) electrons. The highest BCUT2D eigenvalue weighted by Crippen LogP contribution is 2.35. The van der Waals surface area contributed by atoms with E-state index in [1.165, 1.54) is 35.4 Å². The van der Waals surface area contributed by atoms with Crippen molar-refractivity contribution < 1.29 is 32.3 Å². The summed E-state index contributed by atoms with van der Waals surface area (Å²) in [4.78, 5) is 26.9. The fourth-order valence-electron chi connectivity index (χ4n) is 2.65. The predicted octanol–water partition coefficient (Wildman–Crippen LogP) is 1.12. The number of aliphatic hydroxyl groups excluding tert-OH is 1. The van der Waals surface area contributed by atoms with E-state index in [4.69, 9.17) is 15.3 Å². The second kappa shape index (κ2) is 7.35. The summed E-state index contributed by atoms with van der Waals surface area (Å²) in [5.41, 5.74) is 4.44. The van der Waals surface area contributed by atoms with Gasteiger partial charge in [-0.2, -0.15) is 13.2 Å². The van der Waals surface area contributed by atoms with E-state index in [-0.39, 0.29) is 16.9 Å². The maximum atomic E-state index is 13.5. The number of halogens is 3. The Kier molecular flexibility index (Phi) is 5.10. The first-order valence-electron chi connectivity index (χ1n) is 8.00. The first-order chi connectivity index (χ1) is 13.2. The van der Waals surface area contributed by atoms with Gasteiger partial charge in [-0.1, -0.05) is 0 Å². The highest BCUT2D eigenvalue weighted by atomic mass is 19.4. The van der Waals surface area contributed by atoms with Gasteiger partial charge in [-0.15, -0.1) is 0 Å². The van der Waals surface area contributed by atoms with Crippen molar-refractivity contribution in [1.29, 1.82) is 0 Å². The number of aromatic nitrogens is 2. The maximum Gasteiger partial charge on any atom is 0.420 e. The maximum absolute atomic E-state index is 13.5. The Morgan fingerprint density at radius 3 is 2.64 bits per heavy atom. The number of hydrogen-bond donors (Lipinski definition) is 3. The van der Waals surface area contributed by atoms with Crippen molar-refractivity contribution in [2.45, 2.75) is 18.6 Å². The van der Waals surface area contributed by atoms with Gasteiger partial charge in [-0.25, -0.2) is 4.98 Å². The van der Waals surface area contributed by atoms with E-state index < -0.39 is 42.6 Å². The first-order valence-corrected chi connectivity index (χ1v) is 8.00. The lowest BCUT2D eigenvalue weighted by Gasteiger charge is -2.11. The van der Waals surface area contributed by atoms with Gasteiger partial charge in [-0.05, 0) is 12.1 Å². The number of fused-ring (bicyclic) bond motifs is 1. The monoisotopic (exact) mass is 396 g/mol. The standard InChI is InChI=1S/C17H15F3N4O4/c18-17(19,20)12-3-10(9-1-2-28-8-9)5-24-6-11(22-16(12)24)4-14(26)23-13(7-25)15(21)27/h1-3,5-6,8,13,25H,4,7H2,(H2,21,27)(H,23,26)/t13-/m0/s1. The summed E-state index contributed by atoms with van der Waals surface area (Å²) in [7, 11) is 0. The number of amides is 2. The molecular weight excluding hydrogens is 381 g/mol. The quantitative estimate of drug-likeness (QED) is 0.576. The molecule has 0 spiro atoms. The second-order valence-electron chi connectivity index (χ2n) is 6.00. The van der Waals surface area contributed by atoms with E-state index in [2.05, 4.69) is 10.3 Å². The Balaban J connectivity index is 1.96. The minimum Gasteiger partial charge on any atom is -0.472 e. The average Bonchev–Trinajstić information content (AvgIpc) is 3.26. The van der Waals surface area contributed by atoms with Crippen molar-refractivity contribution in [2.75, 3.05) is 6.61 Å². The number of carbonyl (C=O) groups is 2. The third-order valence-corrected chi connectivity index (χ3v) is 3.96. The molecule has 3 rings (SSSR count). The highest BCUT2D eigenvalue weighted by molar-refractivity contribution is 5.87. The van der Waals surface area contributed by atoms with Crippen LogP contribution in [0, 0.1) is 0 Å². The summed E-state index contributed by atoms with van der Waals surface area (Å²) < 4.78 is 46.5. The van der Waals surface area contributed by atoms with Crippen molar-refractivity contribution in [3.8, 4) is 11.1 Å². The minimum absolute atomic E-state index is 0.0495. The molecule has 0 bridgehead atoms. The van der Waals surface area contributed by atoms with Crippen LogP contribution in [0.15, 0.2) is 41.5 Å². The average molecular weight is 396 g/mol. The number of primary amides is 1. The molecule has 3 aromatic rings. The fourth-order valence-corrected chi connectivity index (χ4v) is 2.65. The molecule has 28 heavy (non-hydrogen) atoms. The van der Waals surface area contributed by atoms with Gasteiger partial charge in [0.05, 0.1) is 36.8 Å². The molecule has 0 aliphatic heterocycles. The van der Waals surface area contributed by atoms with E-state index in [9.17, 15) is 22.8 Å². The number of nitrogens with zero attached hydrogens (tertiary/aromatic N) is 2. The molecule has 0 fully saturated rings. The lowest BCUT2D eigenvalue weighted by atomic mass is 10.1. The van der Waals surface area contributed by atoms with Gasteiger partial charge in [0.25, 0.3) is 0 Å². The van der Waals surface area contributed by atoms with E-state index in [1.54, 1.807) is 0 Å². The van der Waals surface area contributed by atoms with E-state index in [0.29, 0.717) is 5.56 Å². The molecule has 0 unspecified atom stereocenters.